The van der Waals surface area contributed by atoms with E-state index in [1.54, 1.807) is 22.7 Å². The Morgan fingerprint density at radius 3 is 1.81 bits per heavy atom. The topological polar surface area (TPSA) is 56.7 Å². The molecule has 0 saturated heterocycles. The van der Waals surface area contributed by atoms with Crippen molar-refractivity contribution in [2.45, 2.75) is 0 Å². The van der Waals surface area contributed by atoms with Crippen molar-refractivity contribution in [1.82, 2.24) is 19.5 Å². The molecular formula is C61H34N4OS2. The van der Waals surface area contributed by atoms with Crippen LogP contribution in [0.1, 0.15) is 0 Å². The van der Waals surface area contributed by atoms with Gasteiger partial charge in [-0.3, -0.25) is 0 Å². The minimum absolute atomic E-state index is 0.586. The van der Waals surface area contributed by atoms with E-state index in [4.69, 9.17) is 19.4 Å². The molecule has 0 aliphatic rings. The van der Waals surface area contributed by atoms with Crippen molar-refractivity contribution < 1.29 is 4.42 Å². The molecule has 68 heavy (non-hydrogen) atoms. The molecule has 0 spiro atoms. The molecule has 15 rings (SSSR count). The first-order valence-corrected chi connectivity index (χ1v) is 24.4. The first-order chi connectivity index (χ1) is 33.7. The van der Waals surface area contributed by atoms with E-state index in [9.17, 15) is 0 Å². The molecule has 0 radical (unpaired) electrons. The molecule has 0 bridgehead atoms. The van der Waals surface area contributed by atoms with Crippen molar-refractivity contribution in [2.24, 2.45) is 0 Å². The summed E-state index contributed by atoms with van der Waals surface area (Å²) in [5.74, 6) is 1.84. The minimum atomic E-state index is 0.586. The van der Waals surface area contributed by atoms with E-state index in [1.165, 1.54) is 51.8 Å². The van der Waals surface area contributed by atoms with Crippen LogP contribution in [0.2, 0.25) is 0 Å². The number of nitrogens with zero attached hydrogens (tertiary/aromatic N) is 4. The van der Waals surface area contributed by atoms with Gasteiger partial charge in [-0.05, 0) is 83.1 Å². The second-order valence-corrected chi connectivity index (χ2v) is 19.6. The smallest absolute Gasteiger partial charge is 0.165 e. The Morgan fingerprint density at radius 1 is 0.353 bits per heavy atom. The van der Waals surface area contributed by atoms with E-state index in [2.05, 4.69) is 199 Å². The summed E-state index contributed by atoms with van der Waals surface area (Å²) in [5, 5.41) is 11.7. The molecule has 15 aromatic rings. The lowest BCUT2D eigenvalue weighted by Gasteiger charge is -2.16. The fourth-order valence-electron chi connectivity index (χ4n) is 10.6. The van der Waals surface area contributed by atoms with Crippen LogP contribution >= 0.6 is 22.7 Å². The highest BCUT2D eigenvalue weighted by atomic mass is 32.1. The Balaban J connectivity index is 1.05. The molecule has 7 heteroatoms. The summed E-state index contributed by atoms with van der Waals surface area (Å²) in [5.41, 5.74) is 9.72. The van der Waals surface area contributed by atoms with Crippen molar-refractivity contribution in [3.8, 4) is 51.0 Å². The first kappa shape index (κ1) is 37.7. The highest BCUT2D eigenvalue weighted by molar-refractivity contribution is 7.26. The quantitative estimate of drug-likeness (QED) is 0.173. The van der Waals surface area contributed by atoms with Crippen LogP contribution in [0.15, 0.2) is 211 Å². The monoisotopic (exact) mass is 902 g/mol. The molecule has 0 saturated carbocycles. The van der Waals surface area contributed by atoms with Gasteiger partial charge in [0, 0.05) is 89.8 Å². The van der Waals surface area contributed by atoms with Gasteiger partial charge in [0.1, 0.15) is 11.2 Å². The largest absolute Gasteiger partial charge is 0.455 e. The van der Waals surface area contributed by atoms with Crippen LogP contribution < -0.4 is 0 Å². The number of thiophene rings is 2. The normalized spacial score (nSPS) is 12.1. The molecule has 5 nitrogen and oxygen atoms in total. The summed E-state index contributed by atoms with van der Waals surface area (Å²) < 4.78 is 14.0. The third-order valence-electron chi connectivity index (χ3n) is 13.7. The third kappa shape index (κ3) is 5.57. The Hall–Kier alpha value is -8.49. The fraction of sp³-hybridized carbons (Fsp3) is 0. The van der Waals surface area contributed by atoms with Gasteiger partial charge >= 0.3 is 0 Å². The average molecular weight is 903 g/mol. The van der Waals surface area contributed by atoms with Crippen molar-refractivity contribution in [2.75, 3.05) is 0 Å². The molecule has 0 atom stereocenters. The molecule has 0 unspecified atom stereocenters. The van der Waals surface area contributed by atoms with Gasteiger partial charge in [-0.25, -0.2) is 15.0 Å². The number of hydrogen-bond donors (Lipinski definition) is 0. The van der Waals surface area contributed by atoms with Crippen LogP contribution in [0.25, 0.3) is 146 Å². The van der Waals surface area contributed by atoms with Crippen LogP contribution in [0.4, 0.5) is 0 Å². The van der Waals surface area contributed by atoms with Crippen LogP contribution in [-0.2, 0) is 0 Å². The SMILES string of the molecule is c1ccc2cc3c(cc2c1)c1ccccc1n3-c1ccc(-c2nc(-c3cccc4c3sc3ccccc34)nc(-c3cccc4sc5ccccc5c34)n2)c(-c2cccc3c2oc2ccccc23)c1. The van der Waals surface area contributed by atoms with Gasteiger partial charge in [-0.1, -0.05) is 140 Å². The van der Waals surface area contributed by atoms with Gasteiger partial charge in [0.15, 0.2) is 17.5 Å². The van der Waals surface area contributed by atoms with Gasteiger partial charge in [0.2, 0.25) is 0 Å². The molecule has 0 aliphatic heterocycles. The maximum atomic E-state index is 6.83. The molecule has 0 aliphatic carbocycles. The zero-order chi connectivity index (χ0) is 44.5. The number of rotatable bonds is 5. The minimum Gasteiger partial charge on any atom is -0.455 e. The van der Waals surface area contributed by atoms with Gasteiger partial charge in [0.25, 0.3) is 0 Å². The van der Waals surface area contributed by atoms with Gasteiger partial charge < -0.3 is 8.98 Å². The van der Waals surface area contributed by atoms with Crippen LogP contribution in [-0.4, -0.2) is 19.5 Å². The molecule has 0 fully saturated rings. The molecule has 10 aromatic carbocycles. The van der Waals surface area contributed by atoms with E-state index in [-0.39, 0.29) is 0 Å². The Morgan fingerprint density at radius 2 is 0.956 bits per heavy atom. The van der Waals surface area contributed by atoms with E-state index < -0.39 is 0 Å². The molecule has 316 valence electrons. The lowest BCUT2D eigenvalue weighted by atomic mass is 9.96. The van der Waals surface area contributed by atoms with Gasteiger partial charge in [-0.15, -0.1) is 22.7 Å². The van der Waals surface area contributed by atoms with E-state index in [1.807, 2.05) is 12.1 Å². The Bertz CT molecular complexity index is 4590. The maximum absolute atomic E-state index is 6.83. The Labute approximate surface area is 396 Å². The van der Waals surface area contributed by atoms with Crippen molar-refractivity contribution in [3.63, 3.8) is 0 Å². The molecule has 5 heterocycles. The number of para-hydroxylation sites is 3. The lowest BCUT2D eigenvalue weighted by Crippen LogP contribution is -2.02. The fourth-order valence-corrected chi connectivity index (χ4v) is 12.9. The molecule has 5 aromatic heterocycles. The zero-order valence-electron chi connectivity index (χ0n) is 36.1. The van der Waals surface area contributed by atoms with Crippen molar-refractivity contribution in [1.29, 1.82) is 0 Å². The summed E-state index contributed by atoms with van der Waals surface area (Å²) in [7, 11) is 0. The Kier molecular flexibility index (Phi) is 8.04. The van der Waals surface area contributed by atoms with Crippen molar-refractivity contribution >= 4 is 118 Å². The van der Waals surface area contributed by atoms with Gasteiger partial charge in [0.05, 0.1) is 11.0 Å². The third-order valence-corrected chi connectivity index (χ3v) is 16.0. The second-order valence-electron chi connectivity index (χ2n) is 17.4. The summed E-state index contributed by atoms with van der Waals surface area (Å²) in [6, 6.07) is 73.7. The lowest BCUT2D eigenvalue weighted by molar-refractivity contribution is 0.670. The van der Waals surface area contributed by atoms with Crippen LogP contribution in [0.3, 0.4) is 0 Å². The summed E-state index contributed by atoms with van der Waals surface area (Å²) in [6.07, 6.45) is 0. The number of furan rings is 1. The standard InChI is InChI=1S/C61H34N4OS2/c1-2-15-36-33-51-49(32-35(36)14-1)38-16-3-7-25-50(38)65(51)37-30-31-44(48(34-37)42-21-11-20-41-39-17-4-8-26-52(39)66-57(41)42)59-62-60(46-23-13-29-55-56(46)45-19-6-10-28-54(45)67-55)64-61(63-59)47-24-12-22-43-40-18-5-9-27-53(40)68-58(43)47/h1-34H. The number of benzene rings is 10. The van der Waals surface area contributed by atoms with Gasteiger partial charge in [-0.2, -0.15) is 0 Å². The second kappa shape index (κ2) is 14.5. The highest BCUT2D eigenvalue weighted by Gasteiger charge is 2.24. The number of hydrogen-bond acceptors (Lipinski definition) is 6. The highest BCUT2D eigenvalue weighted by Crippen LogP contribution is 2.45. The van der Waals surface area contributed by atoms with E-state index in [0.717, 1.165) is 76.6 Å². The van der Waals surface area contributed by atoms with Crippen LogP contribution in [0, 0.1) is 0 Å². The van der Waals surface area contributed by atoms with E-state index >= 15 is 0 Å². The number of fused-ring (bicyclic) bond motifs is 13. The maximum Gasteiger partial charge on any atom is 0.165 e. The van der Waals surface area contributed by atoms with Crippen LogP contribution in [0.5, 0.6) is 0 Å². The zero-order valence-corrected chi connectivity index (χ0v) is 37.8. The summed E-state index contributed by atoms with van der Waals surface area (Å²) >= 11 is 3.58. The molecular weight excluding hydrogens is 869 g/mol. The van der Waals surface area contributed by atoms with E-state index in [0.29, 0.717) is 17.5 Å². The summed E-state index contributed by atoms with van der Waals surface area (Å²) in [6.45, 7) is 0. The first-order valence-electron chi connectivity index (χ1n) is 22.7. The molecule has 0 amide bonds. The predicted molar refractivity (Wildman–Crippen MR) is 286 cm³/mol. The van der Waals surface area contributed by atoms with Crippen molar-refractivity contribution in [3.05, 3.63) is 206 Å². The average Bonchev–Trinajstić information content (AvgIpc) is 4.17. The summed E-state index contributed by atoms with van der Waals surface area (Å²) in [4.78, 5) is 16.5. The predicted octanol–water partition coefficient (Wildman–Crippen LogP) is 17.4. The molecule has 0 N–H and O–H groups in total. The number of aromatic nitrogens is 4.